The van der Waals surface area contributed by atoms with Crippen LogP contribution in [0.5, 0.6) is 5.75 Å². The minimum Gasteiger partial charge on any atom is -0.425 e. The first-order valence-corrected chi connectivity index (χ1v) is 12.0. The molecule has 2 aromatic rings. The summed E-state index contributed by atoms with van der Waals surface area (Å²) in [6, 6.07) is 16.0. The second-order valence-electron chi connectivity index (χ2n) is 10.8. The quantitative estimate of drug-likeness (QED) is 0.385. The fourth-order valence-electron chi connectivity index (χ4n) is 6.06. The molecule has 2 saturated carbocycles. The number of carbonyl (C=O) groups is 3. The molecule has 2 amide bonds. The Labute approximate surface area is 195 Å². The molecule has 1 saturated heterocycles. The van der Waals surface area contributed by atoms with Crippen molar-refractivity contribution in [2.75, 3.05) is 0 Å². The van der Waals surface area contributed by atoms with Gasteiger partial charge in [0.25, 0.3) is 0 Å². The molecule has 1 aliphatic heterocycles. The lowest BCUT2D eigenvalue weighted by Crippen LogP contribution is -2.49. The summed E-state index contributed by atoms with van der Waals surface area (Å²) in [5, 5.41) is 0. The maximum atomic E-state index is 13.4. The largest absolute Gasteiger partial charge is 0.425 e. The normalized spacial score (nSPS) is 27.1. The van der Waals surface area contributed by atoms with Crippen LogP contribution in [-0.4, -0.2) is 28.7 Å². The van der Waals surface area contributed by atoms with Crippen LogP contribution in [0.15, 0.2) is 54.6 Å². The summed E-state index contributed by atoms with van der Waals surface area (Å²) in [6.45, 7) is 6.37. The maximum Gasteiger partial charge on any atom is 0.335 e. The van der Waals surface area contributed by atoms with Crippen molar-refractivity contribution in [3.8, 4) is 5.75 Å². The summed E-state index contributed by atoms with van der Waals surface area (Å²) < 4.78 is 5.73. The molecule has 2 bridgehead atoms. The average Bonchev–Trinajstić information content (AvgIpc) is 3.47. The predicted octanol–water partition coefficient (Wildman–Crippen LogP) is 4.53. The standard InChI is InChI=1S/C28H31NO4/c1-28(2,3)20-11-13-21(14-12-20)33-27(32)22(15-17-7-5-4-6-8-17)29-25(30)23-18-9-10-19(16-18)24(23)26(29)31/h4-8,11-14,18-19,22-24H,9-10,15-16H2,1-3H3/t18-,19-,22-,23-,24-/m0/s1. The minimum atomic E-state index is -0.959. The molecule has 0 N–H and O–H groups in total. The van der Waals surface area contributed by atoms with Crippen LogP contribution >= 0.6 is 0 Å². The third-order valence-electron chi connectivity index (χ3n) is 7.76. The third kappa shape index (κ3) is 3.88. The lowest BCUT2D eigenvalue weighted by Gasteiger charge is -2.26. The Kier molecular flexibility index (Phi) is 5.38. The average molecular weight is 446 g/mol. The first kappa shape index (κ1) is 21.9. The first-order valence-electron chi connectivity index (χ1n) is 12.0. The van der Waals surface area contributed by atoms with E-state index in [0.29, 0.717) is 5.75 Å². The van der Waals surface area contributed by atoms with Crippen molar-refractivity contribution < 1.29 is 19.1 Å². The number of imide groups is 1. The highest BCUT2D eigenvalue weighted by molar-refractivity contribution is 6.08. The van der Waals surface area contributed by atoms with Crippen LogP contribution in [-0.2, 0) is 26.2 Å². The number of esters is 1. The molecular weight excluding hydrogens is 414 g/mol. The molecule has 33 heavy (non-hydrogen) atoms. The number of nitrogens with zero attached hydrogens (tertiary/aromatic N) is 1. The van der Waals surface area contributed by atoms with E-state index >= 15 is 0 Å². The third-order valence-corrected chi connectivity index (χ3v) is 7.76. The van der Waals surface area contributed by atoms with Gasteiger partial charge in [-0.3, -0.25) is 14.5 Å². The molecule has 3 aliphatic rings. The molecule has 0 unspecified atom stereocenters. The number of carbonyl (C=O) groups excluding carboxylic acids is 3. The number of fused-ring (bicyclic) bond motifs is 5. The number of hydrogen-bond acceptors (Lipinski definition) is 4. The second-order valence-corrected chi connectivity index (χ2v) is 10.8. The topological polar surface area (TPSA) is 63.7 Å². The summed E-state index contributed by atoms with van der Waals surface area (Å²) in [4.78, 5) is 41.5. The van der Waals surface area contributed by atoms with Crippen molar-refractivity contribution in [2.45, 2.75) is 57.9 Å². The van der Waals surface area contributed by atoms with Crippen molar-refractivity contribution in [3.05, 3.63) is 65.7 Å². The van der Waals surface area contributed by atoms with Gasteiger partial charge in [-0.25, -0.2) is 4.79 Å². The molecule has 5 heteroatoms. The first-order chi connectivity index (χ1) is 15.7. The van der Waals surface area contributed by atoms with Crippen molar-refractivity contribution in [1.82, 2.24) is 4.90 Å². The molecule has 3 fully saturated rings. The Bertz CT molecular complexity index is 1040. The van der Waals surface area contributed by atoms with Gasteiger partial charge >= 0.3 is 5.97 Å². The van der Waals surface area contributed by atoms with E-state index in [-0.39, 0.29) is 47.3 Å². The Balaban J connectivity index is 1.42. The van der Waals surface area contributed by atoms with Crippen LogP contribution in [0.1, 0.15) is 51.2 Å². The van der Waals surface area contributed by atoms with Crippen LogP contribution in [0.4, 0.5) is 0 Å². The van der Waals surface area contributed by atoms with Gasteiger partial charge in [0.1, 0.15) is 11.8 Å². The summed E-state index contributed by atoms with van der Waals surface area (Å²) in [7, 11) is 0. The Hall–Kier alpha value is -2.95. The highest BCUT2D eigenvalue weighted by atomic mass is 16.5. The Morgan fingerprint density at radius 1 is 0.939 bits per heavy atom. The zero-order valence-corrected chi connectivity index (χ0v) is 19.5. The number of hydrogen-bond donors (Lipinski definition) is 0. The van der Waals surface area contributed by atoms with E-state index in [4.69, 9.17) is 4.74 Å². The van der Waals surface area contributed by atoms with Gasteiger partial charge in [-0.05, 0) is 59.8 Å². The maximum absolute atomic E-state index is 13.4. The van der Waals surface area contributed by atoms with Gasteiger partial charge in [0.2, 0.25) is 11.8 Å². The zero-order valence-electron chi connectivity index (χ0n) is 19.5. The lowest BCUT2D eigenvalue weighted by molar-refractivity contribution is -0.154. The van der Waals surface area contributed by atoms with Gasteiger partial charge in [-0.1, -0.05) is 63.2 Å². The smallest absolute Gasteiger partial charge is 0.335 e. The number of rotatable bonds is 5. The molecule has 172 valence electrons. The number of amides is 2. The van der Waals surface area contributed by atoms with E-state index in [1.807, 2.05) is 42.5 Å². The fraction of sp³-hybridized carbons (Fsp3) is 0.464. The van der Waals surface area contributed by atoms with Gasteiger partial charge in [0.15, 0.2) is 0 Å². The monoisotopic (exact) mass is 445 g/mol. The van der Waals surface area contributed by atoms with Crippen LogP contribution in [0, 0.1) is 23.7 Å². The van der Waals surface area contributed by atoms with Crippen LogP contribution in [0.25, 0.3) is 0 Å². The highest BCUT2D eigenvalue weighted by Gasteiger charge is 2.62. The summed E-state index contributed by atoms with van der Waals surface area (Å²) >= 11 is 0. The van der Waals surface area contributed by atoms with Crippen molar-refractivity contribution in [1.29, 1.82) is 0 Å². The molecule has 0 aromatic heterocycles. The van der Waals surface area contributed by atoms with E-state index in [1.165, 1.54) is 4.90 Å². The summed E-state index contributed by atoms with van der Waals surface area (Å²) in [6.07, 6.45) is 3.24. The predicted molar refractivity (Wildman–Crippen MR) is 124 cm³/mol. The molecule has 0 radical (unpaired) electrons. The van der Waals surface area contributed by atoms with Crippen LogP contribution < -0.4 is 4.74 Å². The van der Waals surface area contributed by atoms with Crippen molar-refractivity contribution in [2.24, 2.45) is 23.7 Å². The van der Waals surface area contributed by atoms with Crippen LogP contribution in [0.2, 0.25) is 0 Å². The molecule has 2 aromatic carbocycles. The molecule has 2 aliphatic carbocycles. The molecule has 5 nitrogen and oxygen atoms in total. The van der Waals surface area contributed by atoms with E-state index in [9.17, 15) is 14.4 Å². The highest BCUT2D eigenvalue weighted by Crippen LogP contribution is 2.56. The van der Waals surface area contributed by atoms with Gasteiger partial charge in [-0.15, -0.1) is 0 Å². The molecule has 5 atom stereocenters. The number of benzene rings is 2. The summed E-state index contributed by atoms with van der Waals surface area (Å²) in [5.74, 6) is -0.459. The second kappa shape index (κ2) is 8.12. The van der Waals surface area contributed by atoms with Gasteiger partial charge in [0, 0.05) is 6.42 Å². The molecule has 0 spiro atoms. The lowest BCUT2D eigenvalue weighted by atomic mass is 9.81. The van der Waals surface area contributed by atoms with Gasteiger partial charge < -0.3 is 4.74 Å². The van der Waals surface area contributed by atoms with E-state index in [2.05, 4.69) is 20.8 Å². The van der Waals surface area contributed by atoms with E-state index in [1.54, 1.807) is 12.1 Å². The number of likely N-dealkylation sites (tertiary alicyclic amines) is 1. The fourth-order valence-corrected chi connectivity index (χ4v) is 6.06. The van der Waals surface area contributed by atoms with E-state index < -0.39 is 12.0 Å². The van der Waals surface area contributed by atoms with Gasteiger partial charge in [-0.2, -0.15) is 0 Å². The zero-order chi connectivity index (χ0) is 23.3. The molecular formula is C28H31NO4. The Morgan fingerprint density at radius 3 is 2.06 bits per heavy atom. The van der Waals surface area contributed by atoms with Crippen molar-refractivity contribution in [3.63, 3.8) is 0 Å². The summed E-state index contributed by atoms with van der Waals surface area (Å²) in [5.41, 5.74) is 2.02. The SMILES string of the molecule is CC(C)(C)c1ccc(OC(=O)[C@H](Cc2ccccc2)N2C(=O)[C@H]3[C@H]4CC[C@@H](C4)[C@@H]3C2=O)cc1. The number of ether oxygens (including phenoxy) is 1. The van der Waals surface area contributed by atoms with E-state index in [0.717, 1.165) is 30.4 Å². The van der Waals surface area contributed by atoms with Crippen LogP contribution in [0.3, 0.4) is 0 Å². The molecule has 5 rings (SSSR count). The van der Waals surface area contributed by atoms with Crippen molar-refractivity contribution >= 4 is 17.8 Å². The molecule has 1 heterocycles. The Morgan fingerprint density at radius 2 is 1.52 bits per heavy atom. The minimum absolute atomic E-state index is 0.0100. The van der Waals surface area contributed by atoms with Gasteiger partial charge in [0.05, 0.1) is 11.8 Å².